The average Bonchev–Trinajstić information content (AvgIpc) is 2.44. The van der Waals surface area contributed by atoms with Crippen LogP contribution in [0.4, 0.5) is 11.4 Å². The minimum Gasteiger partial charge on any atom is -0.397 e. The van der Waals surface area contributed by atoms with E-state index in [1.54, 1.807) is 6.07 Å². The molecule has 1 aromatic rings. The molecule has 0 saturated carbocycles. The maximum Gasteiger partial charge on any atom is 0.240 e. The van der Waals surface area contributed by atoms with Crippen LogP contribution in [0.25, 0.3) is 0 Å². The molecule has 0 aliphatic carbocycles. The lowest BCUT2D eigenvalue weighted by molar-refractivity contribution is 0.229. The summed E-state index contributed by atoms with van der Waals surface area (Å²) < 4.78 is 25.7. The van der Waals surface area contributed by atoms with Crippen molar-refractivity contribution in [1.29, 1.82) is 0 Å². The van der Waals surface area contributed by atoms with Gasteiger partial charge in [-0.25, -0.2) is 13.1 Å². The Morgan fingerprint density at radius 1 is 1.40 bits per heavy atom. The van der Waals surface area contributed by atoms with Crippen molar-refractivity contribution in [3.8, 4) is 0 Å². The number of nitrogen functional groups attached to an aromatic ring is 1. The van der Waals surface area contributed by atoms with Crippen molar-refractivity contribution in [1.82, 2.24) is 4.72 Å². The number of hydrogen-bond acceptors (Lipinski definition) is 5. The highest BCUT2D eigenvalue weighted by Gasteiger charge is 2.13. The molecule has 0 saturated heterocycles. The maximum absolute atomic E-state index is 11.7. The number of aliphatic hydroxyl groups excluding tert-OH is 1. The molecule has 1 aromatic carbocycles. The van der Waals surface area contributed by atoms with Crippen molar-refractivity contribution in [2.45, 2.75) is 24.7 Å². The first-order valence-electron chi connectivity index (χ1n) is 6.58. The van der Waals surface area contributed by atoms with Gasteiger partial charge in [0.1, 0.15) is 0 Å². The van der Waals surface area contributed by atoms with Gasteiger partial charge < -0.3 is 16.2 Å². The normalized spacial score (nSPS) is 13.2. The Labute approximate surface area is 120 Å². The van der Waals surface area contributed by atoms with E-state index in [1.165, 1.54) is 19.2 Å². The molecule has 20 heavy (non-hydrogen) atoms. The van der Waals surface area contributed by atoms with E-state index in [4.69, 9.17) is 10.8 Å². The Kier molecular flexibility index (Phi) is 6.25. The molecule has 0 aliphatic rings. The molecule has 1 atom stereocenters. The third-order valence-corrected chi connectivity index (χ3v) is 4.52. The first-order valence-corrected chi connectivity index (χ1v) is 8.07. The Hall–Kier alpha value is -1.31. The summed E-state index contributed by atoms with van der Waals surface area (Å²) in [5.74, 6) is 0.269. The van der Waals surface area contributed by atoms with Crippen LogP contribution in [0.15, 0.2) is 23.1 Å². The first kappa shape index (κ1) is 16.7. The summed E-state index contributed by atoms with van der Waals surface area (Å²) in [5, 5.41) is 12.1. The highest BCUT2D eigenvalue weighted by atomic mass is 32.2. The second kappa shape index (κ2) is 7.47. The Morgan fingerprint density at radius 2 is 2.10 bits per heavy atom. The third kappa shape index (κ3) is 4.66. The summed E-state index contributed by atoms with van der Waals surface area (Å²) in [6.07, 6.45) is 1.78. The van der Waals surface area contributed by atoms with E-state index in [0.29, 0.717) is 17.9 Å². The van der Waals surface area contributed by atoms with E-state index in [1.807, 2.05) is 6.92 Å². The lowest BCUT2D eigenvalue weighted by Crippen LogP contribution is -2.19. The first-order chi connectivity index (χ1) is 9.40. The number of nitrogens with one attached hydrogen (secondary N) is 2. The second-order valence-corrected chi connectivity index (χ2v) is 6.70. The largest absolute Gasteiger partial charge is 0.397 e. The number of sulfonamides is 1. The topological polar surface area (TPSA) is 104 Å². The number of anilines is 2. The van der Waals surface area contributed by atoms with Gasteiger partial charge in [-0.15, -0.1) is 0 Å². The van der Waals surface area contributed by atoms with Gasteiger partial charge in [-0.2, -0.15) is 0 Å². The van der Waals surface area contributed by atoms with Crippen molar-refractivity contribution in [3.63, 3.8) is 0 Å². The molecular weight excluding hydrogens is 278 g/mol. The molecule has 0 bridgehead atoms. The van der Waals surface area contributed by atoms with E-state index >= 15 is 0 Å². The predicted molar refractivity (Wildman–Crippen MR) is 81.1 cm³/mol. The standard InChI is InChI=1S/C13H23N3O3S/c1-10(9-17)4-3-7-16-13-8-11(5-6-12(13)14)20(18,19)15-2/h5-6,8,10,15-17H,3-4,7,9,14H2,1-2H3. The molecule has 0 fully saturated rings. The fourth-order valence-corrected chi connectivity index (χ4v) is 2.49. The Balaban J connectivity index is 2.68. The molecule has 0 amide bonds. The van der Waals surface area contributed by atoms with E-state index in [2.05, 4.69) is 10.0 Å². The molecule has 0 radical (unpaired) electrons. The molecule has 1 unspecified atom stereocenters. The Morgan fingerprint density at radius 3 is 2.70 bits per heavy atom. The van der Waals surface area contributed by atoms with Crippen LogP contribution in [-0.2, 0) is 10.0 Å². The monoisotopic (exact) mass is 301 g/mol. The minimum absolute atomic E-state index is 0.179. The summed E-state index contributed by atoms with van der Waals surface area (Å²) in [6.45, 7) is 2.84. The lowest BCUT2D eigenvalue weighted by atomic mass is 10.1. The van der Waals surface area contributed by atoms with Crippen molar-refractivity contribution < 1.29 is 13.5 Å². The lowest BCUT2D eigenvalue weighted by Gasteiger charge is -2.12. The van der Waals surface area contributed by atoms with Gasteiger partial charge in [0.15, 0.2) is 0 Å². The highest BCUT2D eigenvalue weighted by molar-refractivity contribution is 7.89. The SMILES string of the molecule is CNS(=O)(=O)c1ccc(N)c(NCCCC(C)CO)c1. The summed E-state index contributed by atoms with van der Waals surface area (Å²) in [5.41, 5.74) is 6.94. The van der Waals surface area contributed by atoms with Gasteiger partial charge in [-0.3, -0.25) is 0 Å². The van der Waals surface area contributed by atoms with Crippen LogP contribution >= 0.6 is 0 Å². The molecule has 114 valence electrons. The van der Waals surface area contributed by atoms with E-state index in [9.17, 15) is 8.42 Å². The third-order valence-electron chi connectivity index (χ3n) is 3.10. The van der Waals surface area contributed by atoms with Crippen LogP contribution in [0.5, 0.6) is 0 Å². The molecule has 1 rings (SSSR count). The number of hydrogen-bond donors (Lipinski definition) is 4. The van der Waals surface area contributed by atoms with E-state index < -0.39 is 10.0 Å². The van der Waals surface area contributed by atoms with Crippen molar-refractivity contribution in [2.75, 3.05) is 31.2 Å². The van der Waals surface area contributed by atoms with Crippen LogP contribution < -0.4 is 15.8 Å². The van der Waals surface area contributed by atoms with Crippen LogP contribution in [0, 0.1) is 5.92 Å². The number of benzene rings is 1. The molecule has 0 spiro atoms. The maximum atomic E-state index is 11.7. The minimum atomic E-state index is -3.46. The highest BCUT2D eigenvalue weighted by Crippen LogP contribution is 2.22. The van der Waals surface area contributed by atoms with Crippen molar-refractivity contribution in [2.24, 2.45) is 5.92 Å². The fraction of sp³-hybridized carbons (Fsp3) is 0.538. The van der Waals surface area contributed by atoms with Gasteiger partial charge >= 0.3 is 0 Å². The molecule has 5 N–H and O–H groups in total. The van der Waals surface area contributed by atoms with E-state index in [0.717, 1.165) is 12.8 Å². The summed E-state index contributed by atoms with van der Waals surface area (Å²) in [7, 11) is -2.09. The van der Waals surface area contributed by atoms with Crippen LogP contribution in [-0.4, -0.2) is 33.7 Å². The van der Waals surface area contributed by atoms with Gasteiger partial charge in [-0.05, 0) is 44.0 Å². The predicted octanol–water partition coefficient (Wildman–Crippen LogP) is 0.997. The number of nitrogens with two attached hydrogens (primary N) is 1. The number of rotatable bonds is 8. The van der Waals surface area contributed by atoms with Crippen molar-refractivity contribution >= 4 is 21.4 Å². The quantitative estimate of drug-likeness (QED) is 0.423. The van der Waals surface area contributed by atoms with Crippen LogP contribution in [0.3, 0.4) is 0 Å². The van der Waals surface area contributed by atoms with Gasteiger partial charge in [0.25, 0.3) is 0 Å². The molecule has 0 aliphatic heterocycles. The van der Waals surface area contributed by atoms with Gasteiger partial charge in [0.2, 0.25) is 10.0 Å². The zero-order chi connectivity index (χ0) is 15.2. The zero-order valence-corrected chi connectivity index (χ0v) is 12.7. The average molecular weight is 301 g/mol. The van der Waals surface area contributed by atoms with Crippen molar-refractivity contribution in [3.05, 3.63) is 18.2 Å². The molecule has 7 heteroatoms. The van der Waals surface area contributed by atoms with E-state index in [-0.39, 0.29) is 17.4 Å². The van der Waals surface area contributed by atoms with Gasteiger partial charge in [-0.1, -0.05) is 6.92 Å². The smallest absolute Gasteiger partial charge is 0.240 e. The summed E-state index contributed by atoms with van der Waals surface area (Å²) >= 11 is 0. The van der Waals surface area contributed by atoms with Gasteiger partial charge in [0, 0.05) is 13.2 Å². The fourth-order valence-electron chi connectivity index (χ4n) is 1.74. The molecule has 0 aromatic heterocycles. The molecule has 0 heterocycles. The summed E-state index contributed by atoms with van der Waals surface area (Å²) in [4.78, 5) is 0.181. The van der Waals surface area contributed by atoms with Crippen LogP contribution in [0.1, 0.15) is 19.8 Å². The van der Waals surface area contributed by atoms with Gasteiger partial charge in [0.05, 0.1) is 16.3 Å². The zero-order valence-electron chi connectivity index (χ0n) is 11.9. The summed E-state index contributed by atoms with van der Waals surface area (Å²) in [6, 6.07) is 4.57. The molecular formula is C13H23N3O3S. The second-order valence-electron chi connectivity index (χ2n) is 4.81. The molecule has 6 nitrogen and oxygen atoms in total. The number of aliphatic hydroxyl groups is 1. The Bertz CT molecular complexity index is 532. The van der Waals surface area contributed by atoms with Crippen LogP contribution in [0.2, 0.25) is 0 Å².